The highest BCUT2D eigenvalue weighted by molar-refractivity contribution is 7.11. The number of ether oxygens (including phenoxy) is 1. The quantitative estimate of drug-likeness (QED) is 0.544. The van der Waals surface area contributed by atoms with Crippen molar-refractivity contribution in [2.45, 2.75) is 52.0 Å². The molecule has 2 saturated carbocycles. The standard InChI is InChI=1S/C13H17N5OS.C8H9N.C2H2/c1-8-15-11(14-6-13-18-17-9(2)20-13)5-12(16-8)19-7-10-3-4-10;1-2-8(6-9-5-1)7-3-4-7;1-2/h5,10H,3-4,6-7H2,1-2H3,(H,14,15,16);1-2,5-7H,3-4H2;1-2H. The molecule has 3 aromatic rings. The Bertz CT molecular complexity index is 966. The summed E-state index contributed by atoms with van der Waals surface area (Å²) in [6, 6.07) is 6.00. The van der Waals surface area contributed by atoms with Gasteiger partial charge in [-0.05, 0) is 63.0 Å². The number of aromatic nitrogens is 5. The van der Waals surface area contributed by atoms with Gasteiger partial charge >= 0.3 is 0 Å². The van der Waals surface area contributed by atoms with Gasteiger partial charge in [-0.2, -0.15) is 4.98 Å². The minimum atomic E-state index is 0.615. The maximum Gasteiger partial charge on any atom is 0.218 e. The van der Waals surface area contributed by atoms with Crippen molar-refractivity contribution in [1.29, 1.82) is 0 Å². The molecule has 0 spiro atoms. The van der Waals surface area contributed by atoms with E-state index in [0.29, 0.717) is 24.2 Å². The third-order valence-electron chi connectivity index (χ3n) is 4.70. The van der Waals surface area contributed by atoms with Crippen molar-refractivity contribution in [2.75, 3.05) is 11.9 Å². The molecule has 2 fully saturated rings. The van der Waals surface area contributed by atoms with Gasteiger partial charge in [-0.15, -0.1) is 23.0 Å². The van der Waals surface area contributed by atoms with E-state index < -0.39 is 0 Å². The summed E-state index contributed by atoms with van der Waals surface area (Å²) < 4.78 is 5.69. The predicted molar refractivity (Wildman–Crippen MR) is 123 cm³/mol. The molecule has 7 nitrogen and oxygen atoms in total. The maximum atomic E-state index is 5.69. The van der Waals surface area contributed by atoms with Crippen molar-refractivity contribution in [2.24, 2.45) is 5.92 Å². The zero-order valence-corrected chi connectivity index (χ0v) is 18.8. The van der Waals surface area contributed by atoms with Gasteiger partial charge in [0.15, 0.2) is 0 Å². The molecule has 3 aromatic heterocycles. The second kappa shape index (κ2) is 11.4. The Morgan fingerprint density at radius 2 is 1.94 bits per heavy atom. The molecular formula is C23H28N6OS. The molecule has 162 valence electrons. The summed E-state index contributed by atoms with van der Waals surface area (Å²) in [7, 11) is 0. The zero-order valence-electron chi connectivity index (χ0n) is 18.0. The van der Waals surface area contributed by atoms with Crippen LogP contribution in [-0.2, 0) is 6.54 Å². The highest BCUT2D eigenvalue weighted by Crippen LogP contribution is 2.39. The normalized spacial score (nSPS) is 14.5. The molecular weight excluding hydrogens is 408 g/mol. The lowest BCUT2D eigenvalue weighted by molar-refractivity contribution is 0.287. The van der Waals surface area contributed by atoms with E-state index in [2.05, 4.69) is 49.4 Å². The Kier molecular flexibility index (Phi) is 8.30. The summed E-state index contributed by atoms with van der Waals surface area (Å²) in [5, 5.41) is 13.2. The number of hydrogen-bond donors (Lipinski definition) is 1. The molecule has 3 heterocycles. The number of hydrogen-bond acceptors (Lipinski definition) is 8. The second-order valence-electron chi connectivity index (χ2n) is 7.52. The molecule has 2 aliphatic carbocycles. The highest BCUT2D eigenvalue weighted by Gasteiger charge is 2.23. The smallest absolute Gasteiger partial charge is 0.218 e. The molecule has 5 rings (SSSR count). The lowest BCUT2D eigenvalue weighted by Gasteiger charge is -2.08. The summed E-state index contributed by atoms with van der Waals surface area (Å²) >= 11 is 1.58. The molecule has 1 N–H and O–H groups in total. The van der Waals surface area contributed by atoms with Crippen molar-refractivity contribution >= 4 is 17.2 Å². The van der Waals surface area contributed by atoms with Crippen LogP contribution in [0.5, 0.6) is 5.88 Å². The third-order valence-corrected chi connectivity index (χ3v) is 5.54. The van der Waals surface area contributed by atoms with Crippen LogP contribution in [0.4, 0.5) is 5.82 Å². The van der Waals surface area contributed by atoms with Crippen LogP contribution in [-0.4, -0.2) is 31.8 Å². The van der Waals surface area contributed by atoms with E-state index >= 15 is 0 Å². The van der Waals surface area contributed by atoms with Gasteiger partial charge in [0.2, 0.25) is 5.88 Å². The van der Waals surface area contributed by atoms with Crippen molar-refractivity contribution in [3.8, 4) is 18.7 Å². The van der Waals surface area contributed by atoms with Crippen LogP contribution < -0.4 is 10.1 Å². The van der Waals surface area contributed by atoms with E-state index in [4.69, 9.17) is 4.74 Å². The summed E-state index contributed by atoms with van der Waals surface area (Å²) in [6.45, 7) is 5.18. The summed E-state index contributed by atoms with van der Waals surface area (Å²) in [6.07, 6.45) is 17.1. The number of nitrogens with one attached hydrogen (secondary N) is 1. The molecule has 31 heavy (non-hydrogen) atoms. The average molecular weight is 437 g/mol. The van der Waals surface area contributed by atoms with Crippen LogP contribution in [0.3, 0.4) is 0 Å². The van der Waals surface area contributed by atoms with Gasteiger partial charge in [-0.3, -0.25) is 4.98 Å². The number of pyridine rings is 1. The monoisotopic (exact) mass is 436 g/mol. The van der Waals surface area contributed by atoms with E-state index in [9.17, 15) is 0 Å². The zero-order chi connectivity index (χ0) is 22.1. The van der Waals surface area contributed by atoms with E-state index in [1.165, 1.54) is 31.2 Å². The maximum absolute atomic E-state index is 5.69. The average Bonchev–Trinajstić information content (AvgIpc) is 3.72. The number of anilines is 1. The van der Waals surface area contributed by atoms with E-state index in [1.54, 1.807) is 11.3 Å². The van der Waals surface area contributed by atoms with Gasteiger partial charge in [0.1, 0.15) is 21.7 Å². The Morgan fingerprint density at radius 1 is 1.13 bits per heavy atom. The molecule has 0 aliphatic heterocycles. The van der Waals surface area contributed by atoms with Gasteiger partial charge in [0.25, 0.3) is 0 Å². The molecule has 0 aromatic carbocycles. The Morgan fingerprint density at radius 3 is 2.55 bits per heavy atom. The van der Waals surface area contributed by atoms with Gasteiger partial charge in [-0.1, -0.05) is 17.4 Å². The van der Waals surface area contributed by atoms with Crippen LogP contribution in [0.1, 0.15) is 53.0 Å². The van der Waals surface area contributed by atoms with E-state index in [1.807, 2.05) is 38.4 Å². The first kappa shape index (κ1) is 22.6. The lowest BCUT2D eigenvalue weighted by atomic mass is 10.2. The molecule has 0 unspecified atom stereocenters. The first-order chi connectivity index (χ1) is 15.2. The summed E-state index contributed by atoms with van der Waals surface area (Å²) in [4.78, 5) is 12.7. The molecule has 0 bridgehead atoms. The predicted octanol–water partition coefficient (Wildman–Crippen LogP) is 4.55. The van der Waals surface area contributed by atoms with E-state index in [0.717, 1.165) is 28.4 Å². The third kappa shape index (κ3) is 7.95. The van der Waals surface area contributed by atoms with E-state index in [-0.39, 0.29) is 0 Å². The topological polar surface area (TPSA) is 85.7 Å². The summed E-state index contributed by atoms with van der Waals surface area (Å²) in [5.74, 6) is 3.66. The van der Waals surface area contributed by atoms with Crippen molar-refractivity contribution in [3.05, 3.63) is 52.0 Å². The van der Waals surface area contributed by atoms with Crippen molar-refractivity contribution < 1.29 is 4.74 Å². The first-order valence-corrected chi connectivity index (χ1v) is 11.2. The SMILES string of the molecule is C#C.Cc1nc(NCc2nnc(C)s2)cc(OCC2CC2)n1.c1cncc(C2CC2)c1. The number of nitrogens with zero attached hydrogens (tertiary/aromatic N) is 5. The molecule has 8 heteroatoms. The van der Waals surface area contributed by atoms with Gasteiger partial charge in [0, 0.05) is 18.5 Å². The van der Waals surface area contributed by atoms with Gasteiger partial charge in [-0.25, -0.2) is 4.98 Å². The lowest BCUT2D eigenvalue weighted by Crippen LogP contribution is -2.06. The van der Waals surface area contributed by atoms with Crippen molar-refractivity contribution in [1.82, 2.24) is 25.1 Å². The minimum absolute atomic E-state index is 0.615. The Balaban J connectivity index is 0.000000205. The highest BCUT2D eigenvalue weighted by atomic mass is 32.1. The molecule has 0 radical (unpaired) electrons. The van der Waals surface area contributed by atoms with Crippen LogP contribution in [0, 0.1) is 32.6 Å². The Labute approximate surface area is 187 Å². The first-order valence-electron chi connectivity index (χ1n) is 10.4. The molecule has 0 amide bonds. The summed E-state index contributed by atoms with van der Waals surface area (Å²) in [5.41, 5.74) is 1.41. The van der Waals surface area contributed by atoms with Gasteiger partial charge < -0.3 is 10.1 Å². The van der Waals surface area contributed by atoms with Gasteiger partial charge in [0.05, 0.1) is 13.2 Å². The number of rotatable bonds is 7. The van der Waals surface area contributed by atoms with Crippen LogP contribution >= 0.6 is 11.3 Å². The van der Waals surface area contributed by atoms with Crippen LogP contribution in [0.15, 0.2) is 30.6 Å². The fourth-order valence-corrected chi connectivity index (χ4v) is 3.45. The fraction of sp³-hybridized carbons (Fsp3) is 0.435. The molecule has 0 atom stereocenters. The minimum Gasteiger partial charge on any atom is -0.477 e. The van der Waals surface area contributed by atoms with Crippen LogP contribution in [0.25, 0.3) is 0 Å². The molecule has 0 saturated heterocycles. The molecule has 2 aliphatic rings. The second-order valence-corrected chi connectivity index (χ2v) is 8.79. The number of aryl methyl sites for hydroxylation is 2. The van der Waals surface area contributed by atoms with Crippen molar-refractivity contribution in [3.63, 3.8) is 0 Å². The fourth-order valence-electron chi connectivity index (χ4n) is 2.80. The Hall–Kier alpha value is -3.05. The number of terminal acetylenes is 1. The van der Waals surface area contributed by atoms with Crippen LogP contribution in [0.2, 0.25) is 0 Å². The largest absolute Gasteiger partial charge is 0.477 e.